The third-order valence-corrected chi connectivity index (χ3v) is 5.13. The van der Waals surface area contributed by atoms with Crippen LogP contribution in [0, 0.1) is 11.7 Å². The predicted molar refractivity (Wildman–Crippen MR) is 98.8 cm³/mol. The van der Waals surface area contributed by atoms with Crippen molar-refractivity contribution in [2.24, 2.45) is 5.92 Å². The van der Waals surface area contributed by atoms with Crippen molar-refractivity contribution in [2.75, 3.05) is 13.1 Å². The fourth-order valence-corrected chi connectivity index (χ4v) is 3.50. The third-order valence-electron chi connectivity index (χ3n) is 5.13. The number of aryl methyl sites for hydroxylation is 1. The van der Waals surface area contributed by atoms with Crippen LogP contribution in [0.4, 0.5) is 4.39 Å². The summed E-state index contributed by atoms with van der Waals surface area (Å²) < 4.78 is 13.7. The van der Waals surface area contributed by atoms with E-state index in [9.17, 15) is 4.39 Å². The second-order valence-electron chi connectivity index (χ2n) is 7.45. The van der Waals surface area contributed by atoms with E-state index in [1.54, 1.807) is 12.1 Å². The number of nitrogens with zero attached hydrogens (tertiary/aromatic N) is 3. The smallest absolute Gasteiger partial charge is 0.130 e. The Morgan fingerprint density at radius 3 is 2.44 bits per heavy atom. The van der Waals surface area contributed by atoms with Gasteiger partial charge in [0.2, 0.25) is 0 Å². The Labute approximate surface area is 150 Å². The van der Waals surface area contributed by atoms with E-state index in [-0.39, 0.29) is 5.82 Å². The highest BCUT2D eigenvalue weighted by Crippen LogP contribution is 2.24. The number of hydrogen-bond acceptors (Lipinski definition) is 3. The van der Waals surface area contributed by atoms with Crippen LogP contribution in [0.2, 0.25) is 0 Å². The molecule has 0 spiro atoms. The summed E-state index contributed by atoms with van der Waals surface area (Å²) in [5.41, 5.74) is 2.04. The summed E-state index contributed by atoms with van der Waals surface area (Å²) >= 11 is 0. The zero-order valence-electron chi connectivity index (χ0n) is 15.3. The summed E-state index contributed by atoms with van der Waals surface area (Å²) in [5.74, 6) is 1.93. The Morgan fingerprint density at radius 1 is 1.12 bits per heavy atom. The average molecular weight is 341 g/mol. The number of likely N-dealkylation sites (tertiary alicyclic amines) is 1. The Kier molecular flexibility index (Phi) is 6.14. The summed E-state index contributed by atoms with van der Waals surface area (Å²) in [5, 5.41) is 0. The van der Waals surface area contributed by atoms with Gasteiger partial charge in [-0.2, -0.15) is 0 Å². The van der Waals surface area contributed by atoms with Gasteiger partial charge in [-0.3, -0.25) is 4.90 Å². The van der Waals surface area contributed by atoms with Crippen molar-refractivity contribution < 1.29 is 4.39 Å². The zero-order chi connectivity index (χ0) is 17.6. The standard InChI is InChI=1S/C21H28FN3/c1-16(2)21-23-13-18(14-24-21)15-25-11-9-17(10-12-25)7-8-19-5-3-4-6-20(19)22/h3-6,13-14,16-17H,7-12,15H2,1-2H3. The van der Waals surface area contributed by atoms with Crippen LogP contribution in [0.25, 0.3) is 0 Å². The van der Waals surface area contributed by atoms with E-state index < -0.39 is 0 Å². The summed E-state index contributed by atoms with van der Waals surface area (Å²) in [7, 11) is 0. The molecular formula is C21H28FN3. The lowest BCUT2D eigenvalue weighted by Crippen LogP contribution is -2.33. The van der Waals surface area contributed by atoms with Crippen molar-refractivity contribution in [1.82, 2.24) is 14.9 Å². The van der Waals surface area contributed by atoms with Crippen molar-refractivity contribution in [3.05, 3.63) is 59.4 Å². The van der Waals surface area contributed by atoms with Crippen LogP contribution in [-0.4, -0.2) is 28.0 Å². The number of halogens is 1. The van der Waals surface area contributed by atoms with E-state index in [1.165, 1.54) is 18.4 Å². The average Bonchev–Trinajstić information content (AvgIpc) is 2.63. The van der Waals surface area contributed by atoms with Crippen LogP contribution in [0.5, 0.6) is 0 Å². The summed E-state index contributed by atoms with van der Waals surface area (Å²) in [6, 6.07) is 7.15. The van der Waals surface area contributed by atoms with Crippen molar-refractivity contribution in [2.45, 2.75) is 52.0 Å². The second-order valence-corrected chi connectivity index (χ2v) is 7.45. The zero-order valence-corrected chi connectivity index (χ0v) is 15.3. The monoisotopic (exact) mass is 341 g/mol. The summed E-state index contributed by atoms with van der Waals surface area (Å²) in [6.45, 7) is 7.36. The molecule has 0 bridgehead atoms. The van der Waals surface area contributed by atoms with Crippen molar-refractivity contribution in [3.63, 3.8) is 0 Å². The van der Waals surface area contributed by atoms with Gasteiger partial charge >= 0.3 is 0 Å². The van der Waals surface area contributed by atoms with E-state index in [0.717, 1.165) is 43.9 Å². The first-order valence-electron chi connectivity index (χ1n) is 9.38. The SMILES string of the molecule is CC(C)c1ncc(CN2CCC(CCc3ccccc3F)CC2)cn1. The molecular weight excluding hydrogens is 313 g/mol. The third kappa shape index (κ3) is 5.08. The number of hydrogen-bond donors (Lipinski definition) is 0. The van der Waals surface area contributed by atoms with Gasteiger partial charge in [-0.25, -0.2) is 14.4 Å². The normalized spacial score (nSPS) is 16.5. The van der Waals surface area contributed by atoms with Crippen LogP contribution >= 0.6 is 0 Å². The van der Waals surface area contributed by atoms with Gasteiger partial charge in [-0.05, 0) is 56.3 Å². The van der Waals surface area contributed by atoms with Gasteiger partial charge in [0.1, 0.15) is 11.6 Å². The second kappa shape index (κ2) is 8.52. The van der Waals surface area contributed by atoms with Crippen LogP contribution in [0.15, 0.2) is 36.7 Å². The Hall–Kier alpha value is -1.81. The summed E-state index contributed by atoms with van der Waals surface area (Å²) in [4.78, 5) is 11.4. The van der Waals surface area contributed by atoms with Crippen LogP contribution in [-0.2, 0) is 13.0 Å². The molecule has 2 aromatic rings. The van der Waals surface area contributed by atoms with Gasteiger partial charge in [-0.1, -0.05) is 32.0 Å². The van der Waals surface area contributed by atoms with Gasteiger partial charge in [-0.15, -0.1) is 0 Å². The first kappa shape index (κ1) is 18.0. The lowest BCUT2D eigenvalue weighted by molar-refractivity contribution is 0.172. The highest BCUT2D eigenvalue weighted by atomic mass is 19.1. The highest BCUT2D eigenvalue weighted by molar-refractivity contribution is 5.17. The molecule has 2 heterocycles. The van der Waals surface area contributed by atoms with E-state index in [4.69, 9.17) is 0 Å². The molecule has 0 saturated carbocycles. The quantitative estimate of drug-likeness (QED) is 0.770. The fraction of sp³-hybridized carbons (Fsp3) is 0.524. The number of benzene rings is 1. The van der Waals surface area contributed by atoms with E-state index in [1.807, 2.05) is 24.5 Å². The lowest BCUT2D eigenvalue weighted by Gasteiger charge is -2.32. The number of rotatable bonds is 6. The Balaban J connectivity index is 1.43. The molecule has 0 radical (unpaired) electrons. The molecule has 1 aromatic carbocycles. The molecule has 3 nitrogen and oxygen atoms in total. The molecule has 0 atom stereocenters. The molecule has 0 amide bonds. The van der Waals surface area contributed by atoms with Crippen molar-refractivity contribution >= 4 is 0 Å². The molecule has 1 aromatic heterocycles. The first-order valence-corrected chi connectivity index (χ1v) is 9.38. The summed E-state index contributed by atoms with van der Waals surface area (Å²) in [6.07, 6.45) is 8.25. The van der Waals surface area contributed by atoms with Gasteiger partial charge in [0.25, 0.3) is 0 Å². The molecule has 1 fully saturated rings. The lowest BCUT2D eigenvalue weighted by atomic mass is 9.90. The number of piperidine rings is 1. The maximum atomic E-state index is 13.7. The van der Waals surface area contributed by atoms with Crippen molar-refractivity contribution in [1.29, 1.82) is 0 Å². The molecule has 0 aliphatic carbocycles. The highest BCUT2D eigenvalue weighted by Gasteiger charge is 2.19. The van der Waals surface area contributed by atoms with E-state index in [0.29, 0.717) is 11.8 Å². The minimum atomic E-state index is -0.0650. The molecule has 1 saturated heterocycles. The van der Waals surface area contributed by atoms with E-state index >= 15 is 0 Å². The minimum Gasteiger partial charge on any atom is -0.299 e. The predicted octanol–water partition coefficient (Wildman–Crippen LogP) is 4.58. The Morgan fingerprint density at radius 2 is 1.80 bits per heavy atom. The minimum absolute atomic E-state index is 0.0650. The molecule has 4 heteroatoms. The molecule has 0 unspecified atom stereocenters. The topological polar surface area (TPSA) is 29.0 Å². The Bertz CT molecular complexity index is 661. The number of aromatic nitrogens is 2. The largest absolute Gasteiger partial charge is 0.299 e. The molecule has 134 valence electrons. The molecule has 1 aliphatic rings. The van der Waals surface area contributed by atoms with Crippen LogP contribution in [0.3, 0.4) is 0 Å². The van der Waals surface area contributed by atoms with Gasteiger partial charge in [0.05, 0.1) is 0 Å². The van der Waals surface area contributed by atoms with E-state index in [2.05, 4.69) is 28.7 Å². The van der Waals surface area contributed by atoms with Crippen LogP contribution < -0.4 is 0 Å². The van der Waals surface area contributed by atoms with Gasteiger partial charge < -0.3 is 0 Å². The maximum Gasteiger partial charge on any atom is 0.130 e. The molecule has 1 aliphatic heterocycles. The maximum absolute atomic E-state index is 13.7. The molecule has 25 heavy (non-hydrogen) atoms. The molecule has 3 rings (SSSR count). The first-order chi connectivity index (χ1) is 12.1. The van der Waals surface area contributed by atoms with Gasteiger partial charge in [0.15, 0.2) is 0 Å². The van der Waals surface area contributed by atoms with Gasteiger partial charge in [0, 0.05) is 30.4 Å². The fourth-order valence-electron chi connectivity index (χ4n) is 3.50. The van der Waals surface area contributed by atoms with Crippen molar-refractivity contribution in [3.8, 4) is 0 Å². The molecule has 0 N–H and O–H groups in total. The van der Waals surface area contributed by atoms with Crippen LogP contribution in [0.1, 0.15) is 56.0 Å².